The second kappa shape index (κ2) is 9.80. The zero-order valence-corrected chi connectivity index (χ0v) is 19.9. The molecular weight excluding hydrogens is 461 g/mol. The summed E-state index contributed by atoms with van der Waals surface area (Å²) in [6.45, 7) is 0.421. The summed E-state index contributed by atoms with van der Waals surface area (Å²) < 4.78 is 31.3. The fourth-order valence-corrected chi connectivity index (χ4v) is 4.21. The minimum atomic E-state index is -1.23. The van der Waals surface area contributed by atoms with E-state index in [-0.39, 0.29) is 12.5 Å². The van der Waals surface area contributed by atoms with Crippen LogP contribution in [0.5, 0.6) is 5.75 Å². The van der Waals surface area contributed by atoms with Gasteiger partial charge in [-0.05, 0) is 35.9 Å². The van der Waals surface area contributed by atoms with Crippen molar-refractivity contribution in [2.24, 2.45) is 0 Å². The second-order valence-electron chi connectivity index (χ2n) is 8.82. The maximum absolute atomic E-state index is 14.2. The van der Waals surface area contributed by atoms with Crippen molar-refractivity contribution in [1.82, 2.24) is 9.88 Å². The first-order chi connectivity index (χ1) is 17.4. The molecule has 182 valence electrons. The predicted octanol–water partition coefficient (Wildman–Crippen LogP) is 5.24. The first kappa shape index (κ1) is 23.5. The van der Waals surface area contributed by atoms with Gasteiger partial charge in [0, 0.05) is 49.5 Å². The lowest BCUT2D eigenvalue weighted by Crippen LogP contribution is -2.37. The van der Waals surface area contributed by atoms with E-state index in [9.17, 15) is 14.4 Å². The Labute approximate surface area is 207 Å². The van der Waals surface area contributed by atoms with Crippen molar-refractivity contribution in [1.29, 1.82) is 5.26 Å². The zero-order valence-electron chi connectivity index (χ0n) is 19.9. The van der Waals surface area contributed by atoms with E-state index in [2.05, 4.69) is 11.1 Å². The van der Waals surface area contributed by atoms with Gasteiger partial charge >= 0.3 is 0 Å². The molecular formula is C28H24FN3O4. The molecule has 0 bridgehead atoms. The van der Waals surface area contributed by atoms with Gasteiger partial charge in [-0.2, -0.15) is 5.26 Å². The first-order valence-electron chi connectivity index (χ1n) is 11.6. The molecule has 5 rings (SSSR count). The Kier molecular flexibility index (Phi) is 6.40. The van der Waals surface area contributed by atoms with Gasteiger partial charge in [-0.3, -0.25) is 9.78 Å². The molecule has 1 saturated heterocycles. The standard InChI is InChI=1S/C28H24FN3O4/c1-32(2)28(33)18-5-3-17(4-6-18)26-14-23-27(36-26)21(9-11-31-23)19-7-8-24(20(13-19)15-30)35-25-10-12-34-16-22(25)29/h3-9,11,13-14,22,25H,10,12,16H2,1-2H3/t22-,25?/m1/s1. The van der Waals surface area contributed by atoms with Gasteiger partial charge in [0.1, 0.15) is 29.2 Å². The summed E-state index contributed by atoms with van der Waals surface area (Å²) in [7, 11) is 3.42. The Morgan fingerprint density at radius 3 is 2.64 bits per heavy atom. The molecule has 0 N–H and O–H groups in total. The average molecular weight is 486 g/mol. The summed E-state index contributed by atoms with van der Waals surface area (Å²) in [5.41, 5.74) is 4.47. The highest BCUT2D eigenvalue weighted by Crippen LogP contribution is 2.35. The fraction of sp³-hybridized carbons (Fsp3) is 0.250. The van der Waals surface area contributed by atoms with Crippen LogP contribution in [0.4, 0.5) is 4.39 Å². The molecule has 0 aliphatic carbocycles. The lowest BCUT2D eigenvalue weighted by Gasteiger charge is -2.27. The van der Waals surface area contributed by atoms with Gasteiger partial charge in [0.15, 0.2) is 11.8 Å². The lowest BCUT2D eigenvalue weighted by molar-refractivity contribution is -0.0383. The molecule has 2 atom stereocenters. The van der Waals surface area contributed by atoms with E-state index in [0.29, 0.717) is 46.8 Å². The van der Waals surface area contributed by atoms with E-state index >= 15 is 0 Å². The van der Waals surface area contributed by atoms with E-state index < -0.39 is 12.3 Å². The zero-order chi connectivity index (χ0) is 25.2. The number of rotatable bonds is 5. The minimum Gasteiger partial charge on any atom is -0.486 e. The molecule has 0 spiro atoms. The Hall–Kier alpha value is -4.22. The number of halogens is 1. The highest BCUT2D eigenvalue weighted by atomic mass is 19.1. The largest absolute Gasteiger partial charge is 0.486 e. The van der Waals surface area contributed by atoms with Crippen molar-refractivity contribution in [3.8, 4) is 34.3 Å². The molecule has 2 aromatic carbocycles. The third-order valence-electron chi connectivity index (χ3n) is 6.15. The predicted molar refractivity (Wildman–Crippen MR) is 132 cm³/mol. The van der Waals surface area contributed by atoms with Crippen molar-refractivity contribution < 1.29 is 23.1 Å². The van der Waals surface area contributed by atoms with Gasteiger partial charge in [0.2, 0.25) is 0 Å². The topological polar surface area (TPSA) is 88.6 Å². The molecule has 4 aromatic rings. The Morgan fingerprint density at radius 1 is 1.14 bits per heavy atom. The van der Waals surface area contributed by atoms with Crippen LogP contribution in [0, 0.1) is 11.3 Å². The van der Waals surface area contributed by atoms with Gasteiger partial charge in [0.25, 0.3) is 5.91 Å². The number of carbonyl (C=O) groups excluding carboxylic acids is 1. The van der Waals surface area contributed by atoms with Gasteiger partial charge in [-0.25, -0.2) is 4.39 Å². The smallest absolute Gasteiger partial charge is 0.253 e. The number of furan rings is 1. The molecule has 0 saturated carbocycles. The summed E-state index contributed by atoms with van der Waals surface area (Å²) in [5, 5.41) is 9.74. The summed E-state index contributed by atoms with van der Waals surface area (Å²) in [6.07, 6.45) is 0.234. The number of amides is 1. The van der Waals surface area contributed by atoms with Crippen molar-refractivity contribution in [3.63, 3.8) is 0 Å². The Bertz CT molecular complexity index is 1460. The van der Waals surface area contributed by atoms with Crippen LogP contribution in [0.1, 0.15) is 22.3 Å². The van der Waals surface area contributed by atoms with Gasteiger partial charge in [0.05, 0.1) is 18.8 Å². The quantitative estimate of drug-likeness (QED) is 0.384. The molecule has 1 aliphatic rings. The number of carbonyl (C=O) groups is 1. The van der Waals surface area contributed by atoms with Crippen LogP contribution >= 0.6 is 0 Å². The normalized spacial score (nSPS) is 17.5. The number of nitrogens with zero attached hydrogens (tertiary/aromatic N) is 3. The van der Waals surface area contributed by atoms with E-state index in [4.69, 9.17) is 13.9 Å². The fourth-order valence-electron chi connectivity index (χ4n) is 4.21. The Balaban J connectivity index is 1.46. The molecule has 1 unspecified atom stereocenters. The number of pyridine rings is 1. The number of alkyl halides is 1. The molecule has 1 fully saturated rings. The monoisotopic (exact) mass is 485 g/mol. The van der Waals surface area contributed by atoms with E-state index in [0.717, 1.165) is 16.7 Å². The summed E-state index contributed by atoms with van der Waals surface area (Å²) in [6, 6.07) is 18.2. The number of hydrogen-bond acceptors (Lipinski definition) is 6. The molecule has 36 heavy (non-hydrogen) atoms. The highest BCUT2D eigenvalue weighted by molar-refractivity contribution is 5.95. The van der Waals surface area contributed by atoms with Gasteiger partial charge in [-0.15, -0.1) is 0 Å². The van der Waals surface area contributed by atoms with E-state index in [1.165, 1.54) is 4.90 Å². The van der Waals surface area contributed by atoms with Crippen LogP contribution in [-0.4, -0.2) is 55.4 Å². The van der Waals surface area contributed by atoms with Gasteiger partial charge in [-0.1, -0.05) is 18.2 Å². The van der Waals surface area contributed by atoms with Crippen LogP contribution < -0.4 is 4.74 Å². The molecule has 8 heteroatoms. The number of aromatic nitrogens is 1. The van der Waals surface area contributed by atoms with Crippen molar-refractivity contribution in [2.45, 2.75) is 18.7 Å². The number of benzene rings is 2. The maximum Gasteiger partial charge on any atom is 0.253 e. The maximum atomic E-state index is 14.2. The summed E-state index contributed by atoms with van der Waals surface area (Å²) in [4.78, 5) is 18.1. The van der Waals surface area contributed by atoms with Crippen LogP contribution in [-0.2, 0) is 4.74 Å². The molecule has 1 amide bonds. The van der Waals surface area contributed by atoms with Crippen molar-refractivity contribution in [3.05, 3.63) is 71.9 Å². The highest BCUT2D eigenvalue weighted by Gasteiger charge is 2.28. The van der Waals surface area contributed by atoms with Gasteiger partial charge < -0.3 is 18.8 Å². The Morgan fingerprint density at radius 2 is 1.92 bits per heavy atom. The number of ether oxygens (including phenoxy) is 2. The average Bonchev–Trinajstić information content (AvgIpc) is 3.34. The molecule has 1 aliphatic heterocycles. The molecule has 2 aromatic heterocycles. The number of fused-ring (bicyclic) bond motifs is 1. The number of hydrogen-bond donors (Lipinski definition) is 0. The van der Waals surface area contributed by atoms with Crippen molar-refractivity contribution >= 4 is 17.0 Å². The molecule has 7 nitrogen and oxygen atoms in total. The molecule has 0 radical (unpaired) electrons. The summed E-state index contributed by atoms with van der Waals surface area (Å²) >= 11 is 0. The van der Waals surface area contributed by atoms with Crippen LogP contribution in [0.3, 0.4) is 0 Å². The SMILES string of the molecule is CN(C)C(=O)c1ccc(-c2cc3nccc(-c4ccc(OC5CCOC[C@H]5F)c(C#N)c4)c3o2)cc1. The van der Waals surface area contributed by atoms with Crippen LogP contribution in [0.15, 0.2) is 65.2 Å². The van der Waals surface area contributed by atoms with E-state index in [1.807, 2.05) is 30.3 Å². The third-order valence-corrected chi connectivity index (χ3v) is 6.15. The third kappa shape index (κ3) is 4.53. The number of nitriles is 1. The first-order valence-corrected chi connectivity index (χ1v) is 11.6. The second-order valence-corrected chi connectivity index (χ2v) is 8.82. The lowest BCUT2D eigenvalue weighted by atomic mass is 10.0. The summed E-state index contributed by atoms with van der Waals surface area (Å²) in [5.74, 6) is 0.881. The van der Waals surface area contributed by atoms with Crippen LogP contribution in [0.25, 0.3) is 33.6 Å². The van der Waals surface area contributed by atoms with Crippen molar-refractivity contribution in [2.75, 3.05) is 27.3 Å². The van der Waals surface area contributed by atoms with E-state index in [1.54, 1.807) is 44.6 Å². The minimum absolute atomic E-state index is 0.00481. The molecule has 3 heterocycles. The van der Waals surface area contributed by atoms with Crippen LogP contribution in [0.2, 0.25) is 0 Å².